The van der Waals surface area contributed by atoms with E-state index in [0.717, 1.165) is 25.7 Å². The van der Waals surface area contributed by atoms with Gasteiger partial charge >= 0.3 is 0 Å². The molecule has 0 bridgehead atoms. The first-order chi connectivity index (χ1) is 14.0. The summed E-state index contributed by atoms with van der Waals surface area (Å²) in [7, 11) is 0. The normalized spacial score (nSPS) is 25.6. The van der Waals surface area contributed by atoms with Crippen LogP contribution in [0.25, 0.3) is 10.9 Å². The lowest BCUT2D eigenvalue weighted by atomic mass is 9.86. The van der Waals surface area contributed by atoms with E-state index < -0.39 is 17.0 Å². The molecule has 4 N–H and O–H groups in total. The van der Waals surface area contributed by atoms with Crippen molar-refractivity contribution in [2.75, 3.05) is 11.9 Å². The van der Waals surface area contributed by atoms with Gasteiger partial charge in [-0.05, 0) is 50.7 Å². The highest BCUT2D eigenvalue weighted by atomic mass is 32.2. The maximum absolute atomic E-state index is 14.5. The Morgan fingerprint density at radius 2 is 1.97 bits per heavy atom. The molecule has 2 saturated carbocycles. The maximum Gasteiger partial charge on any atom is 0.261 e. The van der Waals surface area contributed by atoms with Gasteiger partial charge in [-0.15, -0.1) is 0 Å². The highest BCUT2D eigenvalue weighted by Gasteiger charge is 2.34. The van der Waals surface area contributed by atoms with E-state index in [9.17, 15) is 13.6 Å². The van der Waals surface area contributed by atoms with Crippen LogP contribution < -0.4 is 16.6 Å². The molecule has 1 heterocycles. The van der Waals surface area contributed by atoms with Crippen LogP contribution in [0.4, 0.5) is 14.5 Å². The van der Waals surface area contributed by atoms with Crippen molar-refractivity contribution in [3.05, 3.63) is 34.1 Å². The van der Waals surface area contributed by atoms with Crippen molar-refractivity contribution in [2.24, 2.45) is 5.73 Å². The van der Waals surface area contributed by atoms with Crippen LogP contribution in [0.15, 0.2) is 16.9 Å². The fourth-order valence-corrected chi connectivity index (χ4v) is 5.51. The lowest BCUT2D eigenvalue weighted by Gasteiger charge is -2.32. The van der Waals surface area contributed by atoms with Crippen LogP contribution in [0.2, 0.25) is 0 Å². The predicted molar refractivity (Wildman–Crippen MR) is 115 cm³/mol. The van der Waals surface area contributed by atoms with Crippen molar-refractivity contribution in [3.63, 3.8) is 0 Å². The summed E-state index contributed by atoms with van der Waals surface area (Å²) in [5.74, 6) is 0.491. The minimum absolute atomic E-state index is 0.00135. The van der Waals surface area contributed by atoms with Crippen LogP contribution in [0, 0.1) is 5.82 Å². The molecule has 158 valence electrons. The molecule has 4 rings (SSSR count). The Bertz CT molecular complexity index is 921. The van der Waals surface area contributed by atoms with Crippen LogP contribution in [0.5, 0.6) is 0 Å². The first kappa shape index (κ1) is 20.6. The minimum Gasteiger partial charge on any atom is -0.382 e. The van der Waals surface area contributed by atoms with Crippen molar-refractivity contribution in [2.45, 2.75) is 74.1 Å². The van der Waals surface area contributed by atoms with Crippen molar-refractivity contribution in [1.29, 1.82) is 0 Å². The smallest absolute Gasteiger partial charge is 0.261 e. The fraction of sp³-hybridized carbons (Fsp3) is 0.619. The zero-order valence-electron chi connectivity index (χ0n) is 16.5. The van der Waals surface area contributed by atoms with Crippen molar-refractivity contribution < 1.29 is 8.78 Å². The topological polar surface area (TPSA) is 83.8 Å². The molecular weight excluding hydrogens is 394 g/mol. The van der Waals surface area contributed by atoms with Crippen molar-refractivity contribution in [3.8, 4) is 0 Å². The van der Waals surface area contributed by atoms with E-state index in [0.29, 0.717) is 46.9 Å². The van der Waals surface area contributed by atoms with Crippen LogP contribution in [0.3, 0.4) is 0 Å². The number of H-pyrrole nitrogens is 1. The summed E-state index contributed by atoms with van der Waals surface area (Å²) in [5.41, 5.74) is 4.89. The number of rotatable bonds is 6. The molecule has 0 spiro atoms. The predicted octanol–water partition coefficient (Wildman–Crippen LogP) is 4.26. The summed E-state index contributed by atoms with van der Waals surface area (Å²) >= 11 is 1.66. The third kappa shape index (κ3) is 4.74. The SMILES string of the molecule is NCC1(F)CCC(SCc2nc3cc(NC4CCCC4)cc(F)c3c(=O)[nH]2)CC1. The molecule has 0 atom stereocenters. The number of halogens is 2. The second kappa shape index (κ2) is 8.60. The molecule has 1 aromatic heterocycles. The van der Waals surface area contributed by atoms with Gasteiger partial charge in [0.15, 0.2) is 0 Å². The van der Waals surface area contributed by atoms with E-state index in [4.69, 9.17) is 5.73 Å². The van der Waals surface area contributed by atoms with E-state index in [1.807, 2.05) is 0 Å². The van der Waals surface area contributed by atoms with E-state index in [2.05, 4.69) is 15.3 Å². The van der Waals surface area contributed by atoms with Crippen molar-refractivity contribution in [1.82, 2.24) is 9.97 Å². The largest absolute Gasteiger partial charge is 0.382 e. The van der Waals surface area contributed by atoms with Crippen molar-refractivity contribution >= 4 is 28.4 Å². The number of benzene rings is 1. The number of fused-ring (bicyclic) bond motifs is 1. The maximum atomic E-state index is 14.5. The Balaban J connectivity index is 1.47. The Labute approximate surface area is 173 Å². The minimum atomic E-state index is -1.23. The molecule has 0 radical (unpaired) electrons. The quantitative estimate of drug-likeness (QED) is 0.648. The van der Waals surface area contributed by atoms with Gasteiger partial charge in [0.2, 0.25) is 0 Å². The second-order valence-corrected chi connectivity index (χ2v) is 9.64. The summed E-state index contributed by atoms with van der Waals surface area (Å²) in [6.07, 6.45) is 7.01. The number of alkyl halides is 1. The zero-order valence-corrected chi connectivity index (χ0v) is 17.3. The fourth-order valence-electron chi connectivity index (χ4n) is 4.41. The average molecular weight is 423 g/mol. The van der Waals surface area contributed by atoms with Gasteiger partial charge in [0, 0.05) is 23.5 Å². The Morgan fingerprint density at radius 3 is 2.66 bits per heavy atom. The molecule has 0 saturated heterocycles. The van der Waals surface area contributed by atoms with Gasteiger partial charge in [0.1, 0.15) is 22.7 Å². The number of nitrogens with zero attached hydrogens (tertiary/aromatic N) is 1. The van der Waals surface area contributed by atoms with Gasteiger partial charge < -0.3 is 16.0 Å². The Kier molecular flexibility index (Phi) is 6.11. The Hall–Kier alpha value is -1.67. The molecule has 2 aliphatic rings. The van der Waals surface area contributed by atoms with Gasteiger partial charge in [-0.25, -0.2) is 13.8 Å². The first-order valence-corrected chi connectivity index (χ1v) is 11.5. The summed E-state index contributed by atoms with van der Waals surface area (Å²) in [6, 6.07) is 3.50. The highest BCUT2D eigenvalue weighted by molar-refractivity contribution is 7.99. The number of aromatic amines is 1. The lowest BCUT2D eigenvalue weighted by Crippen LogP contribution is -2.37. The lowest BCUT2D eigenvalue weighted by molar-refractivity contribution is 0.119. The Morgan fingerprint density at radius 1 is 1.24 bits per heavy atom. The molecule has 0 unspecified atom stereocenters. The standard InChI is InChI=1S/C21H28F2N4OS/c22-16-9-14(25-13-3-1-2-4-13)10-17-19(16)20(28)27-18(26-17)11-29-15-5-7-21(23,12-24)8-6-15/h9-10,13,15,25H,1-8,11-12,24H2,(H,26,27,28). The second-order valence-electron chi connectivity index (χ2n) is 8.36. The first-order valence-electron chi connectivity index (χ1n) is 10.5. The number of hydrogen-bond donors (Lipinski definition) is 3. The van der Waals surface area contributed by atoms with Crippen LogP contribution in [-0.4, -0.2) is 33.5 Å². The van der Waals surface area contributed by atoms with Gasteiger partial charge in [-0.3, -0.25) is 4.79 Å². The summed E-state index contributed by atoms with van der Waals surface area (Å²) in [5, 5.41) is 3.68. The van der Waals surface area contributed by atoms with Gasteiger partial charge in [0.05, 0.1) is 11.3 Å². The summed E-state index contributed by atoms with van der Waals surface area (Å²) < 4.78 is 28.8. The van der Waals surface area contributed by atoms with Crippen LogP contribution >= 0.6 is 11.8 Å². The molecule has 2 aliphatic carbocycles. The molecular formula is C21H28F2N4OS. The van der Waals surface area contributed by atoms with Crippen LogP contribution in [-0.2, 0) is 5.75 Å². The number of aromatic nitrogens is 2. The molecule has 0 amide bonds. The van der Waals surface area contributed by atoms with E-state index in [1.165, 1.54) is 18.9 Å². The number of hydrogen-bond acceptors (Lipinski definition) is 5. The van der Waals surface area contributed by atoms with Gasteiger partial charge in [0.25, 0.3) is 5.56 Å². The molecule has 0 aliphatic heterocycles. The third-order valence-corrected chi connectivity index (χ3v) is 7.57. The molecule has 2 aromatic rings. The summed E-state index contributed by atoms with van der Waals surface area (Å²) in [4.78, 5) is 19.6. The number of anilines is 1. The number of nitrogens with two attached hydrogens (primary N) is 1. The average Bonchev–Trinajstić information content (AvgIpc) is 3.20. The van der Waals surface area contributed by atoms with E-state index in [-0.39, 0.29) is 11.9 Å². The van der Waals surface area contributed by atoms with Gasteiger partial charge in [-0.1, -0.05) is 12.8 Å². The van der Waals surface area contributed by atoms with E-state index in [1.54, 1.807) is 17.8 Å². The van der Waals surface area contributed by atoms with E-state index >= 15 is 0 Å². The van der Waals surface area contributed by atoms with Crippen LogP contribution in [0.1, 0.15) is 57.2 Å². The molecule has 1 aromatic carbocycles. The number of thioether (sulfide) groups is 1. The highest BCUT2D eigenvalue weighted by Crippen LogP contribution is 2.37. The molecule has 8 heteroatoms. The number of nitrogens with one attached hydrogen (secondary N) is 2. The molecule has 2 fully saturated rings. The molecule has 5 nitrogen and oxygen atoms in total. The van der Waals surface area contributed by atoms with Gasteiger partial charge in [-0.2, -0.15) is 11.8 Å². The monoisotopic (exact) mass is 422 g/mol. The zero-order chi connectivity index (χ0) is 20.4. The third-order valence-electron chi connectivity index (χ3n) is 6.19. The summed E-state index contributed by atoms with van der Waals surface area (Å²) in [6.45, 7) is 0.0761. The molecule has 29 heavy (non-hydrogen) atoms.